The van der Waals surface area contributed by atoms with E-state index >= 15 is 0 Å². The Balaban J connectivity index is 2.15. The van der Waals surface area contributed by atoms with Gasteiger partial charge in [-0.3, -0.25) is 0 Å². The number of ether oxygens (including phenoxy) is 2. The van der Waals surface area contributed by atoms with Crippen molar-refractivity contribution in [2.24, 2.45) is 0 Å². The van der Waals surface area contributed by atoms with Gasteiger partial charge >= 0.3 is 12.0 Å². The molecule has 0 saturated heterocycles. The van der Waals surface area contributed by atoms with Gasteiger partial charge in [-0.1, -0.05) is 12.8 Å². The highest BCUT2D eigenvalue weighted by Crippen LogP contribution is 2.29. The lowest BCUT2D eigenvalue weighted by molar-refractivity contribution is -0.144. The van der Waals surface area contributed by atoms with Crippen LogP contribution in [0.25, 0.3) is 0 Å². The highest BCUT2D eigenvalue weighted by atomic mass is 16.5. The van der Waals surface area contributed by atoms with Gasteiger partial charge in [0, 0.05) is 26.9 Å². The largest absolute Gasteiger partial charge is 0.480 e. The topological polar surface area (TPSA) is 96.9 Å². The molecule has 0 radical (unpaired) electrons. The molecule has 20 heavy (non-hydrogen) atoms. The molecule has 3 N–H and O–H groups in total. The summed E-state index contributed by atoms with van der Waals surface area (Å²) in [4.78, 5) is 22.9. The number of carboxylic acid groups (broad SMARTS) is 1. The van der Waals surface area contributed by atoms with Crippen molar-refractivity contribution in [1.29, 1.82) is 0 Å². The highest BCUT2D eigenvalue weighted by Gasteiger charge is 2.42. The molecule has 0 unspecified atom stereocenters. The van der Waals surface area contributed by atoms with Crippen LogP contribution in [0.3, 0.4) is 0 Å². The summed E-state index contributed by atoms with van der Waals surface area (Å²) in [5.74, 6) is -0.957. The van der Waals surface area contributed by atoms with Crippen molar-refractivity contribution < 1.29 is 24.2 Å². The first-order chi connectivity index (χ1) is 9.60. The third-order valence-electron chi connectivity index (χ3n) is 3.39. The maximum atomic E-state index is 11.7. The van der Waals surface area contributed by atoms with Crippen molar-refractivity contribution in [2.75, 3.05) is 33.5 Å². The molecule has 0 aliphatic heterocycles. The van der Waals surface area contributed by atoms with Crippen LogP contribution in [-0.2, 0) is 14.3 Å². The lowest BCUT2D eigenvalue weighted by Crippen LogP contribution is -2.55. The second kappa shape index (κ2) is 8.76. The van der Waals surface area contributed by atoms with Crippen LogP contribution in [0.4, 0.5) is 4.79 Å². The smallest absolute Gasteiger partial charge is 0.329 e. The molecule has 1 fully saturated rings. The van der Waals surface area contributed by atoms with Crippen molar-refractivity contribution in [3.8, 4) is 0 Å². The van der Waals surface area contributed by atoms with E-state index in [2.05, 4.69) is 10.6 Å². The van der Waals surface area contributed by atoms with Gasteiger partial charge in [0.2, 0.25) is 0 Å². The Morgan fingerprint density at radius 2 is 1.90 bits per heavy atom. The summed E-state index contributed by atoms with van der Waals surface area (Å²) < 4.78 is 10.2. The molecule has 0 aromatic rings. The summed E-state index contributed by atoms with van der Waals surface area (Å²) in [6.07, 6.45) is 3.45. The van der Waals surface area contributed by atoms with Gasteiger partial charge in [-0.05, 0) is 19.3 Å². The number of urea groups is 1. The molecule has 0 bridgehead atoms. The van der Waals surface area contributed by atoms with E-state index in [-0.39, 0.29) is 0 Å². The first kappa shape index (κ1) is 16.7. The summed E-state index contributed by atoms with van der Waals surface area (Å²) in [6, 6.07) is -0.449. The van der Waals surface area contributed by atoms with Gasteiger partial charge < -0.3 is 25.2 Å². The molecule has 2 amide bonds. The van der Waals surface area contributed by atoms with Crippen molar-refractivity contribution in [3.05, 3.63) is 0 Å². The second-order valence-electron chi connectivity index (χ2n) is 4.93. The zero-order chi connectivity index (χ0) is 14.8. The zero-order valence-corrected chi connectivity index (χ0v) is 11.9. The average molecular weight is 288 g/mol. The minimum absolute atomic E-state index is 0.356. The molecule has 1 aliphatic rings. The molecule has 116 valence electrons. The number of nitrogens with one attached hydrogen (secondary N) is 2. The first-order valence-electron chi connectivity index (χ1n) is 6.97. The fourth-order valence-corrected chi connectivity index (χ4v) is 2.28. The Kier molecular flexibility index (Phi) is 7.32. The fourth-order valence-electron chi connectivity index (χ4n) is 2.28. The fraction of sp³-hybridized carbons (Fsp3) is 0.846. The predicted octanol–water partition coefficient (Wildman–Crippen LogP) is 0.736. The number of hydrogen-bond donors (Lipinski definition) is 3. The Labute approximate surface area is 119 Å². The van der Waals surface area contributed by atoms with E-state index in [0.29, 0.717) is 39.2 Å². The maximum absolute atomic E-state index is 11.7. The van der Waals surface area contributed by atoms with Crippen molar-refractivity contribution in [1.82, 2.24) is 10.6 Å². The number of amides is 2. The Bertz CT molecular complexity index is 316. The Morgan fingerprint density at radius 3 is 2.50 bits per heavy atom. The highest BCUT2D eigenvalue weighted by molar-refractivity contribution is 5.86. The molecule has 0 aromatic heterocycles. The Hall–Kier alpha value is -1.34. The molecule has 0 spiro atoms. The van der Waals surface area contributed by atoms with Crippen LogP contribution in [0.15, 0.2) is 0 Å². The monoisotopic (exact) mass is 288 g/mol. The number of carboxylic acids is 1. The van der Waals surface area contributed by atoms with Crippen LogP contribution < -0.4 is 10.6 Å². The Morgan fingerprint density at radius 1 is 1.20 bits per heavy atom. The second-order valence-corrected chi connectivity index (χ2v) is 4.93. The van der Waals surface area contributed by atoms with E-state index in [1.54, 1.807) is 7.11 Å². The number of carbonyl (C=O) groups is 2. The molecule has 7 nitrogen and oxygen atoms in total. The molecule has 1 saturated carbocycles. The van der Waals surface area contributed by atoms with E-state index in [4.69, 9.17) is 9.47 Å². The minimum Gasteiger partial charge on any atom is -0.480 e. The van der Waals surface area contributed by atoms with Crippen LogP contribution in [0.1, 0.15) is 32.1 Å². The van der Waals surface area contributed by atoms with Crippen LogP contribution in [0.2, 0.25) is 0 Å². The molecule has 1 aliphatic carbocycles. The quantitative estimate of drug-likeness (QED) is 0.544. The summed E-state index contributed by atoms with van der Waals surface area (Å²) in [5.41, 5.74) is -1.09. The third kappa shape index (κ3) is 5.34. The predicted molar refractivity (Wildman–Crippen MR) is 72.7 cm³/mol. The van der Waals surface area contributed by atoms with E-state index in [9.17, 15) is 14.7 Å². The summed E-state index contributed by atoms with van der Waals surface area (Å²) in [6.45, 7) is 1.98. The van der Waals surface area contributed by atoms with Gasteiger partial charge in [-0.15, -0.1) is 0 Å². The SMILES string of the molecule is COCCCOCCNC(=O)NC1(C(=O)O)CCCC1. The van der Waals surface area contributed by atoms with E-state index < -0.39 is 17.5 Å². The van der Waals surface area contributed by atoms with Gasteiger partial charge in [0.15, 0.2) is 0 Å². The molecule has 1 rings (SSSR count). The lowest BCUT2D eigenvalue weighted by atomic mass is 9.98. The third-order valence-corrected chi connectivity index (χ3v) is 3.39. The van der Waals surface area contributed by atoms with Gasteiger partial charge in [-0.25, -0.2) is 9.59 Å². The van der Waals surface area contributed by atoms with Crippen molar-refractivity contribution in [2.45, 2.75) is 37.6 Å². The molecular weight excluding hydrogens is 264 g/mol. The summed E-state index contributed by atoms with van der Waals surface area (Å²) in [7, 11) is 1.63. The van der Waals surface area contributed by atoms with Gasteiger partial charge in [0.1, 0.15) is 5.54 Å². The lowest BCUT2D eigenvalue weighted by Gasteiger charge is -2.25. The average Bonchev–Trinajstić information content (AvgIpc) is 2.87. The number of methoxy groups -OCH3 is 1. The number of rotatable bonds is 9. The first-order valence-corrected chi connectivity index (χ1v) is 6.97. The molecular formula is C13H24N2O5. The van der Waals surface area contributed by atoms with Crippen LogP contribution in [0, 0.1) is 0 Å². The van der Waals surface area contributed by atoms with Crippen molar-refractivity contribution in [3.63, 3.8) is 0 Å². The van der Waals surface area contributed by atoms with E-state index in [0.717, 1.165) is 19.3 Å². The molecule has 0 atom stereocenters. The van der Waals surface area contributed by atoms with Crippen LogP contribution >= 0.6 is 0 Å². The zero-order valence-electron chi connectivity index (χ0n) is 11.9. The number of carbonyl (C=O) groups excluding carboxylic acids is 1. The van der Waals surface area contributed by atoms with Crippen LogP contribution in [0.5, 0.6) is 0 Å². The summed E-state index contributed by atoms with van der Waals surface area (Å²) in [5, 5.41) is 14.4. The molecule has 0 heterocycles. The number of hydrogen-bond acceptors (Lipinski definition) is 4. The summed E-state index contributed by atoms with van der Waals surface area (Å²) >= 11 is 0. The van der Waals surface area contributed by atoms with Gasteiger partial charge in [0.05, 0.1) is 6.61 Å². The van der Waals surface area contributed by atoms with Crippen LogP contribution in [-0.4, -0.2) is 56.1 Å². The standard InChI is InChI=1S/C13H24N2O5/c1-19-8-4-9-20-10-7-14-12(18)15-13(11(16)17)5-2-3-6-13/h2-10H2,1H3,(H,16,17)(H2,14,15,18). The molecule has 7 heteroatoms. The van der Waals surface area contributed by atoms with Gasteiger partial charge in [-0.2, -0.15) is 0 Å². The maximum Gasteiger partial charge on any atom is 0.329 e. The van der Waals surface area contributed by atoms with Gasteiger partial charge in [0.25, 0.3) is 0 Å². The number of aliphatic carboxylic acids is 1. The minimum atomic E-state index is -1.09. The van der Waals surface area contributed by atoms with Crippen molar-refractivity contribution >= 4 is 12.0 Å². The van der Waals surface area contributed by atoms with E-state index in [1.807, 2.05) is 0 Å². The molecule has 0 aromatic carbocycles. The normalized spacial score (nSPS) is 16.9. The van der Waals surface area contributed by atoms with E-state index in [1.165, 1.54) is 0 Å².